The van der Waals surface area contributed by atoms with Gasteiger partial charge in [0.25, 0.3) is 0 Å². The number of amides is 1. The van der Waals surface area contributed by atoms with Gasteiger partial charge in [0.05, 0.1) is 0 Å². The minimum atomic E-state index is -2.83. The van der Waals surface area contributed by atoms with Crippen molar-refractivity contribution in [1.82, 2.24) is 4.90 Å². The van der Waals surface area contributed by atoms with Gasteiger partial charge < -0.3 is 15.0 Å². The molecule has 1 N–H and O–H groups in total. The van der Waals surface area contributed by atoms with Gasteiger partial charge in [-0.15, -0.1) is 0 Å². The Morgan fingerprint density at radius 2 is 1.85 bits per heavy atom. The van der Waals surface area contributed by atoms with Crippen molar-refractivity contribution in [2.45, 2.75) is 32.4 Å². The largest absolute Gasteiger partial charge is 0.435 e. The number of benzene rings is 1. The van der Waals surface area contributed by atoms with E-state index in [0.29, 0.717) is 5.69 Å². The summed E-state index contributed by atoms with van der Waals surface area (Å²) in [5.74, 6) is 0.166. The number of halogens is 2. The van der Waals surface area contributed by atoms with Crippen molar-refractivity contribution in [2.75, 3.05) is 18.4 Å². The van der Waals surface area contributed by atoms with Crippen molar-refractivity contribution in [1.29, 1.82) is 0 Å². The van der Waals surface area contributed by atoms with E-state index in [2.05, 4.69) is 10.1 Å². The van der Waals surface area contributed by atoms with Gasteiger partial charge in [-0.25, -0.2) is 0 Å². The van der Waals surface area contributed by atoms with Crippen LogP contribution in [0.25, 0.3) is 0 Å². The van der Waals surface area contributed by atoms with Crippen LogP contribution >= 0.6 is 0 Å². The van der Waals surface area contributed by atoms with Gasteiger partial charge in [-0.05, 0) is 44.0 Å². The number of anilines is 1. The van der Waals surface area contributed by atoms with Crippen LogP contribution in [-0.4, -0.2) is 36.5 Å². The van der Waals surface area contributed by atoms with E-state index >= 15 is 0 Å². The van der Waals surface area contributed by atoms with E-state index < -0.39 is 6.61 Å². The first-order valence-corrected chi connectivity index (χ1v) is 6.66. The Morgan fingerprint density at radius 1 is 1.25 bits per heavy atom. The van der Waals surface area contributed by atoms with Crippen LogP contribution in [0.1, 0.15) is 19.8 Å². The molecule has 0 aliphatic carbocycles. The van der Waals surface area contributed by atoms with Crippen LogP contribution in [0.15, 0.2) is 24.3 Å². The third kappa shape index (κ3) is 3.82. The van der Waals surface area contributed by atoms with Crippen molar-refractivity contribution in [3.05, 3.63) is 24.3 Å². The molecule has 0 spiro atoms. The zero-order chi connectivity index (χ0) is 14.5. The van der Waals surface area contributed by atoms with Crippen molar-refractivity contribution in [3.8, 4) is 5.75 Å². The number of alkyl halides is 2. The normalized spacial score (nSPS) is 16.3. The first-order valence-electron chi connectivity index (χ1n) is 6.66. The summed E-state index contributed by atoms with van der Waals surface area (Å²) < 4.78 is 28.3. The van der Waals surface area contributed by atoms with Gasteiger partial charge in [0, 0.05) is 18.8 Å². The number of hydrogen-bond donors (Lipinski definition) is 1. The van der Waals surface area contributed by atoms with Gasteiger partial charge >= 0.3 is 6.61 Å². The molecular formula is C14H18F2N2O2. The molecule has 1 amide bonds. The van der Waals surface area contributed by atoms with E-state index in [1.807, 2.05) is 4.90 Å². The van der Waals surface area contributed by atoms with E-state index in [0.717, 1.165) is 25.9 Å². The summed E-state index contributed by atoms with van der Waals surface area (Å²) in [5, 5.41) is 3.06. The van der Waals surface area contributed by atoms with Gasteiger partial charge in [0.1, 0.15) is 11.8 Å². The third-order valence-corrected chi connectivity index (χ3v) is 3.25. The van der Waals surface area contributed by atoms with Gasteiger partial charge in [0.2, 0.25) is 5.91 Å². The molecule has 1 aliphatic rings. The third-order valence-electron chi connectivity index (χ3n) is 3.25. The van der Waals surface area contributed by atoms with Crippen LogP contribution in [0.2, 0.25) is 0 Å². The van der Waals surface area contributed by atoms with Crippen LogP contribution in [0.5, 0.6) is 5.75 Å². The lowest BCUT2D eigenvalue weighted by Crippen LogP contribution is -2.39. The number of carbonyl (C=O) groups is 1. The van der Waals surface area contributed by atoms with E-state index in [1.54, 1.807) is 19.1 Å². The molecule has 1 heterocycles. The first kappa shape index (κ1) is 14.6. The SMILES string of the molecule is CC(Nc1ccc(OC(F)F)cc1)C(=O)N1CCCC1. The van der Waals surface area contributed by atoms with Crippen LogP contribution in [-0.2, 0) is 4.79 Å². The average molecular weight is 284 g/mol. The van der Waals surface area contributed by atoms with Crippen LogP contribution in [0.4, 0.5) is 14.5 Å². The van der Waals surface area contributed by atoms with Crippen LogP contribution in [0, 0.1) is 0 Å². The highest BCUT2D eigenvalue weighted by molar-refractivity contribution is 5.84. The molecule has 1 atom stereocenters. The molecule has 0 bridgehead atoms. The zero-order valence-electron chi connectivity index (χ0n) is 11.3. The second-order valence-corrected chi connectivity index (χ2v) is 4.80. The van der Waals surface area contributed by atoms with Crippen LogP contribution < -0.4 is 10.1 Å². The van der Waals surface area contributed by atoms with Gasteiger partial charge in [-0.3, -0.25) is 4.79 Å². The number of ether oxygens (including phenoxy) is 1. The fraction of sp³-hybridized carbons (Fsp3) is 0.500. The van der Waals surface area contributed by atoms with Crippen molar-refractivity contribution >= 4 is 11.6 Å². The molecule has 6 heteroatoms. The molecule has 0 radical (unpaired) electrons. The fourth-order valence-electron chi connectivity index (χ4n) is 2.26. The average Bonchev–Trinajstić information content (AvgIpc) is 2.93. The maximum Gasteiger partial charge on any atom is 0.387 e. The molecule has 4 nitrogen and oxygen atoms in total. The summed E-state index contributed by atoms with van der Waals surface area (Å²) in [6.07, 6.45) is 2.11. The highest BCUT2D eigenvalue weighted by atomic mass is 19.3. The minimum absolute atomic E-state index is 0.0652. The summed E-state index contributed by atoms with van der Waals surface area (Å²) in [5.41, 5.74) is 0.701. The Labute approximate surface area is 116 Å². The highest BCUT2D eigenvalue weighted by Gasteiger charge is 2.22. The van der Waals surface area contributed by atoms with Crippen LogP contribution in [0.3, 0.4) is 0 Å². The smallest absolute Gasteiger partial charge is 0.387 e. The first-order chi connectivity index (χ1) is 9.56. The quantitative estimate of drug-likeness (QED) is 0.904. The maximum atomic E-state index is 12.1. The topological polar surface area (TPSA) is 41.6 Å². The molecule has 110 valence electrons. The number of rotatable bonds is 5. The molecule has 1 aliphatic heterocycles. The zero-order valence-corrected chi connectivity index (χ0v) is 11.3. The summed E-state index contributed by atoms with van der Waals surface area (Å²) in [7, 11) is 0. The number of likely N-dealkylation sites (tertiary alicyclic amines) is 1. The lowest BCUT2D eigenvalue weighted by Gasteiger charge is -2.22. The molecule has 20 heavy (non-hydrogen) atoms. The monoisotopic (exact) mass is 284 g/mol. The summed E-state index contributed by atoms with van der Waals surface area (Å²) in [6, 6.07) is 5.79. The van der Waals surface area contributed by atoms with E-state index in [-0.39, 0.29) is 17.7 Å². The molecule has 1 aromatic rings. The lowest BCUT2D eigenvalue weighted by atomic mass is 10.2. The van der Waals surface area contributed by atoms with E-state index in [4.69, 9.17) is 0 Å². The Balaban J connectivity index is 1.90. The molecule has 2 rings (SSSR count). The molecule has 1 saturated heterocycles. The molecule has 1 fully saturated rings. The van der Waals surface area contributed by atoms with E-state index in [9.17, 15) is 13.6 Å². The van der Waals surface area contributed by atoms with Crippen molar-refractivity contribution in [3.63, 3.8) is 0 Å². The van der Waals surface area contributed by atoms with Gasteiger partial charge in [0.15, 0.2) is 0 Å². The van der Waals surface area contributed by atoms with E-state index in [1.165, 1.54) is 12.1 Å². The summed E-state index contributed by atoms with van der Waals surface area (Å²) in [4.78, 5) is 13.9. The molecular weight excluding hydrogens is 266 g/mol. The number of carbonyl (C=O) groups excluding carboxylic acids is 1. The Morgan fingerprint density at radius 3 is 2.40 bits per heavy atom. The fourth-order valence-corrected chi connectivity index (χ4v) is 2.26. The standard InChI is InChI=1S/C14H18F2N2O2/c1-10(13(19)18-8-2-3-9-18)17-11-4-6-12(7-5-11)20-14(15)16/h4-7,10,14,17H,2-3,8-9H2,1H3. The number of nitrogens with zero attached hydrogens (tertiary/aromatic N) is 1. The Bertz CT molecular complexity index is 445. The van der Waals surface area contributed by atoms with Gasteiger partial charge in [-0.2, -0.15) is 8.78 Å². The summed E-state index contributed by atoms with van der Waals surface area (Å²) in [6.45, 7) is 0.590. The predicted octanol–water partition coefficient (Wildman–Crippen LogP) is 2.71. The molecule has 0 saturated carbocycles. The van der Waals surface area contributed by atoms with Crippen molar-refractivity contribution < 1.29 is 18.3 Å². The van der Waals surface area contributed by atoms with Gasteiger partial charge in [-0.1, -0.05) is 0 Å². The minimum Gasteiger partial charge on any atom is -0.435 e. The number of nitrogens with one attached hydrogen (secondary N) is 1. The molecule has 1 aromatic carbocycles. The predicted molar refractivity (Wildman–Crippen MR) is 72.0 cm³/mol. The Kier molecular flexibility index (Phi) is 4.76. The highest BCUT2D eigenvalue weighted by Crippen LogP contribution is 2.19. The Hall–Kier alpha value is -1.85. The van der Waals surface area contributed by atoms with Crippen molar-refractivity contribution in [2.24, 2.45) is 0 Å². The second-order valence-electron chi connectivity index (χ2n) is 4.80. The lowest BCUT2D eigenvalue weighted by molar-refractivity contribution is -0.130. The summed E-state index contributed by atoms with van der Waals surface area (Å²) >= 11 is 0. The molecule has 1 unspecified atom stereocenters. The number of hydrogen-bond acceptors (Lipinski definition) is 3. The molecule has 0 aromatic heterocycles. The second kappa shape index (κ2) is 6.54. The maximum absolute atomic E-state index is 12.1.